The zero-order valence-corrected chi connectivity index (χ0v) is 16.5. The summed E-state index contributed by atoms with van der Waals surface area (Å²) in [7, 11) is 1.28. The molecule has 0 aromatic heterocycles. The lowest BCUT2D eigenvalue weighted by Gasteiger charge is -2.35. The molecular formula is C20H27N3O6. The van der Waals surface area contributed by atoms with Gasteiger partial charge in [0.15, 0.2) is 6.61 Å². The van der Waals surface area contributed by atoms with Crippen LogP contribution in [0, 0.1) is 0 Å². The Morgan fingerprint density at radius 3 is 2.55 bits per heavy atom. The van der Waals surface area contributed by atoms with Gasteiger partial charge in [-0.3, -0.25) is 9.59 Å². The molecule has 0 bridgehead atoms. The van der Waals surface area contributed by atoms with Gasteiger partial charge in [-0.15, -0.1) is 0 Å². The van der Waals surface area contributed by atoms with E-state index in [1.165, 1.54) is 12.0 Å². The molecule has 9 nitrogen and oxygen atoms in total. The molecule has 29 heavy (non-hydrogen) atoms. The van der Waals surface area contributed by atoms with Crippen molar-refractivity contribution in [2.24, 2.45) is 5.73 Å². The first-order valence-electron chi connectivity index (χ1n) is 9.55. The number of nitrogens with two attached hydrogens (primary N) is 1. The standard InChI is InChI=1S/C20H27N3O6/c1-28-19(26)16-11-14-7-4-5-8-15(14)12-23(16)17(24)13-29-18(25)9-3-2-6-10-22-20(21)27/h4-5,7-8,16H,2-3,6,9-13H2,1H3,(H3,21,22,27)/t16-/m0/s1. The molecule has 3 amide bonds. The molecule has 1 aromatic carbocycles. The maximum atomic E-state index is 12.6. The molecule has 0 radical (unpaired) electrons. The Balaban J connectivity index is 1.81. The second-order valence-electron chi connectivity index (χ2n) is 6.80. The summed E-state index contributed by atoms with van der Waals surface area (Å²) in [6.45, 7) is 0.297. The minimum absolute atomic E-state index is 0.174. The summed E-state index contributed by atoms with van der Waals surface area (Å²) in [4.78, 5) is 48.6. The van der Waals surface area contributed by atoms with E-state index in [1.54, 1.807) is 0 Å². The number of carbonyl (C=O) groups excluding carboxylic acids is 4. The number of benzene rings is 1. The van der Waals surface area contributed by atoms with Crippen molar-refractivity contribution >= 4 is 23.9 Å². The number of carbonyl (C=O) groups is 4. The van der Waals surface area contributed by atoms with Crippen LogP contribution >= 0.6 is 0 Å². The highest BCUT2D eigenvalue weighted by Crippen LogP contribution is 2.24. The minimum Gasteiger partial charge on any atom is -0.467 e. The third-order valence-corrected chi connectivity index (χ3v) is 4.76. The highest BCUT2D eigenvalue weighted by Gasteiger charge is 2.35. The molecule has 158 valence electrons. The van der Waals surface area contributed by atoms with Gasteiger partial charge < -0.3 is 25.4 Å². The molecule has 1 aromatic rings. The number of urea groups is 1. The normalized spacial score (nSPS) is 15.2. The lowest BCUT2D eigenvalue weighted by Crippen LogP contribution is -2.50. The van der Waals surface area contributed by atoms with Crippen molar-refractivity contribution in [2.45, 2.75) is 44.7 Å². The van der Waals surface area contributed by atoms with Crippen molar-refractivity contribution in [3.63, 3.8) is 0 Å². The lowest BCUT2D eigenvalue weighted by molar-refractivity contribution is -0.159. The zero-order chi connectivity index (χ0) is 21.2. The first-order chi connectivity index (χ1) is 13.9. The molecule has 0 fully saturated rings. The van der Waals surface area contributed by atoms with Crippen LogP contribution in [0.2, 0.25) is 0 Å². The topological polar surface area (TPSA) is 128 Å². The largest absolute Gasteiger partial charge is 0.467 e. The number of nitrogens with zero attached hydrogens (tertiary/aromatic N) is 1. The number of nitrogens with one attached hydrogen (secondary N) is 1. The van der Waals surface area contributed by atoms with Gasteiger partial charge in [0, 0.05) is 25.9 Å². The van der Waals surface area contributed by atoms with Crippen LogP contribution in [0.25, 0.3) is 0 Å². The van der Waals surface area contributed by atoms with Crippen molar-refractivity contribution in [2.75, 3.05) is 20.3 Å². The second-order valence-corrected chi connectivity index (χ2v) is 6.80. The van der Waals surface area contributed by atoms with Gasteiger partial charge in [0.2, 0.25) is 0 Å². The van der Waals surface area contributed by atoms with Crippen LogP contribution in [-0.2, 0) is 36.8 Å². The van der Waals surface area contributed by atoms with Crippen molar-refractivity contribution < 1.29 is 28.7 Å². The quantitative estimate of drug-likeness (QED) is 0.464. The van der Waals surface area contributed by atoms with Crippen LogP contribution in [0.5, 0.6) is 0 Å². The smallest absolute Gasteiger partial charge is 0.328 e. The van der Waals surface area contributed by atoms with E-state index in [-0.39, 0.29) is 13.0 Å². The summed E-state index contributed by atoms with van der Waals surface area (Å²) >= 11 is 0. The Kier molecular flexibility index (Phi) is 8.45. The first-order valence-corrected chi connectivity index (χ1v) is 9.55. The molecule has 1 aliphatic heterocycles. The molecular weight excluding hydrogens is 378 g/mol. The molecule has 2 rings (SSSR count). The van der Waals surface area contributed by atoms with Crippen LogP contribution in [-0.4, -0.2) is 55.1 Å². The molecule has 1 aliphatic rings. The Morgan fingerprint density at radius 1 is 1.14 bits per heavy atom. The van der Waals surface area contributed by atoms with Crippen molar-refractivity contribution in [3.8, 4) is 0 Å². The van der Waals surface area contributed by atoms with Crippen molar-refractivity contribution in [3.05, 3.63) is 35.4 Å². The van der Waals surface area contributed by atoms with E-state index in [4.69, 9.17) is 15.2 Å². The van der Waals surface area contributed by atoms with Gasteiger partial charge in [-0.1, -0.05) is 30.7 Å². The van der Waals surface area contributed by atoms with E-state index < -0.39 is 36.5 Å². The minimum atomic E-state index is -0.737. The average molecular weight is 405 g/mol. The maximum Gasteiger partial charge on any atom is 0.328 e. The van der Waals surface area contributed by atoms with Crippen LogP contribution in [0.15, 0.2) is 24.3 Å². The summed E-state index contributed by atoms with van der Waals surface area (Å²) in [5.41, 5.74) is 6.91. The maximum absolute atomic E-state index is 12.6. The molecule has 0 saturated heterocycles. The van der Waals surface area contributed by atoms with E-state index >= 15 is 0 Å². The Labute approximate surface area is 169 Å². The highest BCUT2D eigenvalue weighted by atomic mass is 16.5. The number of hydrogen-bond donors (Lipinski definition) is 2. The van der Waals surface area contributed by atoms with Gasteiger partial charge in [-0.25, -0.2) is 9.59 Å². The fourth-order valence-electron chi connectivity index (χ4n) is 3.21. The molecule has 1 heterocycles. The summed E-state index contributed by atoms with van der Waals surface area (Å²) < 4.78 is 9.92. The number of unbranched alkanes of at least 4 members (excludes halogenated alkanes) is 2. The number of hydrogen-bond acceptors (Lipinski definition) is 6. The monoisotopic (exact) mass is 405 g/mol. The van der Waals surface area contributed by atoms with E-state index in [2.05, 4.69) is 5.32 Å². The number of primary amides is 1. The summed E-state index contributed by atoms with van der Waals surface area (Å²) in [6, 6.07) is 6.27. The summed E-state index contributed by atoms with van der Waals surface area (Å²) in [6.07, 6.45) is 2.53. The fourth-order valence-corrected chi connectivity index (χ4v) is 3.21. The Morgan fingerprint density at radius 2 is 1.86 bits per heavy atom. The molecule has 0 unspecified atom stereocenters. The van der Waals surface area contributed by atoms with Gasteiger partial charge in [0.25, 0.3) is 5.91 Å². The molecule has 3 N–H and O–H groups in total. The summed E-state index contributed by atoms with van der Waals surface area (Å²) in [5.74, 6) is -1.41. The van der Waals surface area contributed by atoms with Crippen LogP contribution in [0.4, 0.5) is 4.79 Å². The predicted octanol–water partition coefficient (Wildman–Crippen LogP) is 0.885. The first kappa shape index (κ1) is 22.2. The number of ether oxygens (including phenoxy) is 2. The van der Waals surface area contributed by atoms with Gasteiger partial charge >= 0.3 is 18.0 Å². The molecule has 0 spiro atoms. The number of rotatable bonds is 9. The van der Waals surface area contributed by atoms with Crippen LogP contribution in [0.3, 0.4) is 0 Å². The third kappa shape index (κ3) is 6.78. The number of fused-ring (bicyclic) bond motifs is 1. The Hall–Kier alpha value is -3.10. The molecule has 1 atom stereocenters. The lowest BCUT2D eigenvalue weighted by atomic mass is 9.94. The number of esters is 2. The van der Waals surface area contributed by atoms with Crippen molar-refractivity contribution in [1.82, 2.24) is 10.2 Å². The SMILES string of the molecule is COC(=O)[C@@H]1Cc2ccccc2CN1C(=O)COC(=O)CCCCCNC(N)=O. The van der Waals surface area contributed by atoms with E-state index in [0.717, 1.165) is 17.5 Å². The highest BCUT2D eigenvalue weighted by molar-refractivity contribution is 5.87. The average Bonchev–Trinajstić information content (AvgIpc) is 2.72. The van der Waals surface area contributed by atoms with Crippen LogP contribution < -0.4 is 11.1 Å². The van der Waals surface area contributed by atoms with E-state index in [0.29, 0.717) is 25.8 Å². The van der Waals surface area contributed by atoms with Gasteiger partial charge in [0.05, 0.1) is 7.11 Å². The molecule has 0 aliphatic carbocycles. The van der Waals surface area contributed by atoms with Gasteiger partial charge in [-0.05, 0) is 24.0 Å². The predicted molar refractivity (Wildman–Crippen MR) is 104 cm³/mol. The second kappa shape index (κ2) is 11.0. The zero-order valence-electron chi connectivity index (χ0n) is 16.5. The van der Waals surface area contributed by atoms with Crippen molar-refractivity contribution in [1.29, 1.82) is 0 Å². The molecule has 0 saturated carbocycles. The number of amides is 3. The van der Waals surface area contributed by atoms with E-state index in [1.807, 2.05) is 24.3 Å². The fraction of sp³-hybridized carbons (Fsp3) is 0.500. The van der Waals surface area contributed by atoms with Gasteiger partial charge in [-0.2, -0.15) is 0 Å². The van der Waals surface area contributed by atoms with Crippen LogP contribution in [0.1, 0.15) is 36.8 Å². The van der Waals surface area contributed by atoms with Gasteiger partial charge in [0.1, 0.15) is 6.04 Å². The number of methoxy groups -OCH3 is 1. The molecule has 9 heteroatoms. The van der Waals surface area contributed by atoms with E-state index in [9.17, 15) is 19.2 Å². The summed E-state index contributed by atoms with van der Waals surface area (Å²) in [5, 5.41) is 2.47. The third-order valence-electron chi connectivity index (χ3n) is 4.76. The Bertz CT molecular complexity index is 751.